The van der Waals surface area contributed by atoms with Crippen molar-refractivity contribution in [3.63, 3.8) is 0 Å². The van der Waals surface area contributed by atoms with Gasteiger partial charge in [-0.2, -0.15) is 17.5 Å². The van der Waals surface area contributed by atoms with Gasteiger partial charge in [0, 0.05) is 32.7 Å². The zero-order valence-electron chi connectivity index (χ0n) is 21.4. The standard InChI is InChI=1S/C23H31N3O4S.C2HF3O2/c1-4-30-21-7-5-6-20(15-21)16-26(17-23(27)25-12-10-24-11-13-25)31(28,29)22-9-8-18(2)19(3)14-22;3-2(4,5)1(6)7/h5-9,14-15,24H,4,10-13,16-17H2,1-3H3;(H,6,7). The number of rotatable bonds is 8. The highest BCUT2D eigenvalue weighted by molar-refractivity contribution is 7.89. The summed E-state index contributed by atoms with van der Waals surface area (Å²) < 4.78 is 65.6. The number of benzene rings is 2. The van der Waals surface area contributed by atoms with Crippen LogP contribution in [0.1, 0.15) is 23.6 Å². The highest BCUT2D eigenvalue weighted by Crippen LogP contribution is 2.23. The molecule has 0 spiro atoms. The molecule has 1 heterocycles. The fraction of sp³-hybridized carbons (Fsp3) is 0.440. The molecule has 2 aromatic carbocycles. The molecule has 0 radical (unpaired) electrons. The third-order valence-corrected chi connectivity index (χ3v) is 7.50. The van der Waals surface area contributed by atoms with Crippen LogP contribution in [0, 0.1) is 13.8 Å². The molecule has 9 nitrogen and oxygen atoms in total. The van der Waals surface area contributed by atoms with Crippen molar-refractivity contribution in [1.29, 1.82) is 0 Å². The number of nitrogens with zero attached hydrogens (tertiary/aromatic N) is 2. The Morgan fingerprint density at radius 2 is 1.71 bits per heavy atom. The normalized spacial score (nSPS) is 14.0. The first-order valence-electron chi connectivity index (χ1n) is 11.8. The van der Waals surface area contributed by atoms with Crippen molar-refractivity contribution < 1.29 is 41.0 Å². The molecule has 2 N–H and O–H groups in total. The van der Waals surface area contributed by atoms with Crippen molar-refractivity contribution in [3.8, 4) is 5.75 Å². The van der Waals surface area contributed by atoms with Crippen LogP contribution in [-0.4, -0.2) is 80.1 Å². The number of hydrogen-bond donors (Lipinski definition) is 2. The fourth-order valence-corrected chi connectivity index (χ4v) is 4.98. The average Bonchev–Trinajstić information content (AvgIpc) is 2.86. The van der Waals surface area contributed by atoms with Gasteiger partial charge >= 0.3 is 12.1 Å². The number of hydrogen-bond acceptors (Lipinski definition) is 6. The van der Waals surface area contributed by atoms with Crippen LogP contribution in [0.4, 0.5) is 13.2 Å². The van der Waals surface area contributed by atoms with E-state index in [2.05, 4.69) is 5.32 Å². The number of amides is 1. The van der Waals surface area contributed by atoms with Gasteiger partial charge in [-0.3, -0.25) is 4.79 Å². The third kappa shape index (κ3) is 8.99. The number of piperazine rings is 1. The topological polar surface area (TPSA) is 116 Å². The number of carbonyl (C=O) groups excluding carboxylic acids is 1. The number of nitrogens with one attached hydrogen (secondary N) is 1. The van der Waals surface area contributed by atoms with Gasteiger partial charge in [0.05, 0.1) is 18.0 Å². The minimum absolute atomic E-state index is 0.0913. The molecule has 0 saturated carbocycles. The summed E-state index contributed by atoms with van der Waals surface area (Å²) in [7, 11) is -3.87. The minimum Gasteiger partial charge on any atom is -0.494 e. The van der Waals surface area contributed by atoms with Crippen LogP contribution in [0.25, 0.3) is 0 Å². The summed E-state index contributed by atoms with van der Waals surface area (Å²) in [5.74, 6) is -2.26. The smallest absolute Gasteiger partial charge is 0.490 e. The van der Waals surface area contributed by atoms with Crippen molar-refractivity contribution in [2.75, 3.05) is 39.3 Å². The summed E-state index contributed by atoms with van der Waals surface area (Å²) in [6.45, 7) is 8.73. The Kier molecular flexibility index (Phi) is 11.1. The Morgan fingerprint density at radius 1 is 1.08 bits per heavy atom. The number of carboxylic acids is 1. The first-order chi connectivity index (χ1) is 17.8. The van der Waals surface area contributed by atoms with Gasteiger partial charge in [0.1, 0.15) is 5.75 Å². The SMILES string of the molecule is CCOc1cccc(CN(CC(=O)N2CCNCC2)S(=O)(=O)c2ccc(C)c(C)c2)c1.O=C(O)C(F)(F)F. The number of carboxylic acid groups (broad SMARTS) is 1. The summed E-state index contributed by atoms with van der Waals surface area (Å²) in [4.78, 5) is 23.7. The predicted molar refractivity (Wildman–Crippen MR) is 134 cm³/mol. The van der Waals surface area contributed by atoms with Crippen LogP contribution >= 0.6 is 0 Å². The molecule has 1 fully saturated rings. The summed E-state index contributed by atoms with van der Waals surface area (Å²) in [5.41, 5.74) is 2.69. The van der Waals surface area contributed by atoms with Gasteiger partial charge in [-0.25, -0.2) is 13.2 Å². The molecule has 1 amide bonds. The molecule has 3 rings (SSSR count). The van der Waals surface area contributed by atoms with Gasteiger partial charge in [0.15, 0.2) is 0 Å². The lowest BCUT2D eigenvalue weighted by atomic mass is 10.1. The molecule has 0 aliphatic carbocycles. The Hall–Kier alpha value is -3.16. The maximum Gasteiger partial charge on any atom is 0.490 e. The van der Waals surface area contributed by atoms with E-state index in [9.17, 15) is 26.4 Å². The van der Waals surface area contributed by atoms with E-state index in [1.165, 1.54) is 4.31 Å². The molecule has 0 bridgehead atoms. The molecule has 210 valence electrons. The predicted octanol–water partition coefficient (Wildman–Crippen LogP) is 2.96. The average molecular weight is 560 g/mol. The molecular weight excluding hydrogens is 527 g/mol. The molecule has 13 heteroatoms. The number of alkyl halides is 3. The van der Waals surface area contributed by atoms with Crippen molar-refractivity contribution in [2.24, 2.45) is 0 Å². The largest absolute Gasteiger partial charge is 0.494 e. The van der Waals surface area contributed by atoms with Gasteiger partial charge in [-0.1, -0.05) is 18.2 Å². The van der Waals surface area contributed by atoms with Crippen LogP contribution in [-0.2, 0) is 26.2 Å². The van der Waals surface area contributed by atoms with Gasteiger partial charge in [-0.15, -0.1) is 0 Å². The lowest BCUT2D eigenvalue weighted by Gasteiger charge is -2.30. The zero-order valence-corrected chi connectivity index (χ0v) is 22.2. The minimum atomic E-state index is -5.08. The van der Waals surface area contributed by atoms with E-state index < -0.39 is 22.2 Å². The van der Waals surface area contributed by atoms with E-state index in [0.29, 0.717) is 38.5 Å². The fourth-order valence-electron chi connectivity index (χ4n) is 3.52. The quantitative estimate of drug-likeness (QED) is 0.511. The van der Waals surface area contributed by atoms with Crippen LogP contribution in [0.15, 0.2) is 47.4 Å². The van der Waals surface area contributed by atoms with Gasteiger partial charge < -0.3 is 20.1 Å². The number of sulfonamides is 1. The van der Waals surface area contributed by atoms with Gasteiger partial charge in [-0.05, 0) is 61.7 Å². The second-order valence-electron chi connectivity index (χ2n) is 8.53. The highest BCUT2D eigenvalue weighted by atomic mass is 32.2. The van der Waals surface area contributed by atoms with E-state index in [1.807, 2.05) is 45.0 Å². The third-order valence-electron chi connectivity index (χ3n) is 5.71. The number of carbonyl (C=O) groups is 2. The first-order valence-corrected chi connectivity index (χ1v) is 13.3. The lowest BCUT2D eigenvalue weighted by molar-refractivity contribution is -0.192. The van der Waals surface area contributed by atoms with Crippen molar-refractivity contribution >= 4 is 21.9 Å². The van der Waals surface area contributed by atoms with E-state index in [4.69, 9.17) is 14.6 Å². The van der Waals surface area contributed by atoms with Crippen LogP contribution < -0.4 is 10.1 Å². The van der Waals surface area contributed by atoms with Gasteiger partial charge in [0.25, 0.3) is 0 Å². The van der Waals surface area contributed by atoms with Gasteiger partial charge in [0.2, 0.25) is 15.9 Å². The number of aryl methyl sites for hydroxylation is 2. The lowest BCUT2D eigenvalue weighted by Crippen LogP contribution is -2.50. The maximum absolute atomic E-state index is 13.5. The van der Waals surface area contributed by atoms with E-state index in [0.717, 1.165) is 16.7 Å². The van der Waals surface area contributed by atoms with E-state index in [1.54, 1.807) is 23.1 Å². The molecule has 0 aromatic heterocycles. The van der Waals surface area contributed by atoms with Crippen LogP contribution in [0.5, 0.6) is 5.75 Å². The van der Waals surface area contributed by atoms with Crippen molar-refractivity contribution in [3.05, 3.63) is 59.2 Å². The summed E-state index contributed by atoms with van der Waals surface area (Å²) in [6, 6.07) is 12.4. The summed E-state index contributed by atoms with van der Waals surface area (Å²) >= 11 is 0. The molecule has 2 aromatic rings. The Morgan fingerprint density at radius 3 is 2.26 bits per heavy atom. The molecule has 0 atom stereocenters. The molecule has 0 unspecified atom stereocenters. The summed E-state index contributed by atoms with van der Waals surface area (Å²) in [5, 5.41) is 10.3. The molecule has 1 saturated heterocycles. The van der Waals surface area contributed by atoms with Crippen molar-refractivity contribution in [2.45, 2.75) is 38.4 Å². The van der Waals surface area contributed by atoms with E-state index >= 15 is 0 Å². The van der Waals surface area contributed by atoms with Crippen molar-refractivity contribution in [1.82, 2.24) is 14.5 Å². The Labute approximate surface area is 220 Å². The zero-order chi connectivity index (χ0) is 28.5. The summed E-state index contributed by atoms with van der Waals surface area (Å²) in [6.07, 6.45) is -5.08. The van der Waals surface area contributed by atoms with Crippen LogP contribution in [0.2, 0.25) is 0 Å². The first kappa shape index (κ1) is 31.1. The second kappa shape index (κ2) is 13.6. The van der Waals surface area contributed by atoms with Crippen LogP contribution in [0.3, 0.4) is 0 Å². The highest BCUT2D eigenvalue weighted by Gasteiger charge is 2.38. The number of aliphatic carboxylic acids is 1. The molecule has 1 aliphatic rings. The molecule has 1 aliphatic heterocycles. The number of ether oxygens (including phenoxy) is 1. The van der Waals surface area contributed by atoms with E-state index in [-0.39, 0.29) is 23.9 Å². The molecule has 38 heavy (non-hydrogen) atoms. The Bertz CT molecular complexity index is 1220. The maximum atomic E-state index is 13.5. The molecular formula is C25H32F3N3O6S. The number of halogens is 3. The second-order valence-corrected chi connectivity index (χ2v) is 10.5. The Balaban J connectivity index is 0.000000638. The monoisotopic (exact) mass is 559 g/mol.